The Bertz CT molecular complexity index is 1230. The van der Waals surface area contributed by atoms with Gasteiger partial charge in [-0.2, -0.15) is 5.10 Å². The van der Waals surface area contributed by atoms with Crippen LogP contribution in [0.25, 0.3) is 39.1 Å². The van der Waals surface area contributed by atoms with Crippen molar-refractivity contribution in [1.29, 1.82) is 0 Å². The SMILES string of the molecule is Cc1cnccc1-c1ccc(-n2cc(-c3n[nH]c4ccccc34)nn2)cc1. The van der Waals surface area contributed by atoms with Gasteiger partial charge in [-0.25, -0.2) is 4.68 Å². The molecule has 0 unspecified atom stereocenters. The van der Waals surface area contributed by atoms with E-state index in [4.69, 9.17) is 0 Å². The maximum atomic E-state index is 4.39. The van der Waals surface area contributed by atoms with Crippen LogP contribution in [0.5, 0.6) is 0 Å². The third-order valence-electron chi connectivity index (χ3n) is 4.67. The maximum Gasteiger partial charge on any atom is 0.134 e. The third kappa shape index (κ3) is 2.67. The zero-order valence-corrected chi connectivity index (χ0v) is 14.7. The standard InChI is InChI=1S/C21H16N6/c1-14-12-22-11-10-17(14)15-6-8-16(9-7-15)27-13-20(24-26-27)21-18-4-2-3-5-19(18)23-25-21/h2-13H,1H3,(H,23,25). The number of aromatic amines is 1. The van der Waals surface area contributed by atoms with Crippen molar-refractivity contribution in [3.63, 3.8) is 0 Å². The van der Waals surface area contributed by atoms with Crippen LogP contribution in [0, 0.1) is 6.92 Å². The first-order valence-electron chi connectivity index (χ1n) is 8.67. The Morgan fingerprint density at radius 1 is 0.963 bits per heavy atom. The highest BCUT2D eigenvalue weighted by atomic mass is 15.4. The first-order valence-corrected chi connectivity index (χ1v) is 8.67. The molecule has 27 heavy (non-hydrogen) atoms. The van der Waals surface area contributed by atoms with Crippen LogP contribution in [0.1, 0.15) is 5.56 Å². The van der Waals surface area contributed by atoms with Crippen molar-refractivity contribution in [2.45, 2.75) is 6.92 Å². The average Bonchev–Trinajstić information content (AvgIpc) is 3.35. The van der Waals surface area contributed by atoms with Gasteiger partial charge in [0, 0.05) is 17.8 Å². The lowest BCUT2D eigenvalue weighted by molar-refractivity contribution is 0.804. The van der Waals surface area contributed by atoms with Crippen molar-refractivity contribution >= 4 is 10.9 Å². The summed E-state index contributed by atoms with van der Waals surface area (Å²) in [4.78, 5) is 4.15. The molecule has 5 aromatic rings. The first kappa shape index (κ1) is 15.5. The molecule has 6 heteroatoms. The van der Waals surface area contributed by atoms with E-state index >= 15 is 0 Å². The highest BCUT2D eigenvalue weighted by molar-refractivity contribution is 5.91. The average molecular weight is 352 g/mol. The minimum atomic E-state index is 0.738. The predicted octanol–water partition coefficient (Wildman–Crippen LogP) is 4.18. The smallest absolute Gasteiger partial charge is 0.134 e. The highest BCUT2D eigenvalue weighted by Crippen LogP contribution is 2.26. The number of aryl methyl sites for hydroxylation is 1. The van der Waals surface area contributed by atoms with Crippen LogP contribution in [0.2, 0.25) is 0 Å². The second kappa shape index (κ2) is 6.17. The van der Waals surface area contributed by atoms with E-state index in [1.54, 1.807) is 4.68 Å². The number of pyridine rings is 1. The summed E-state index contributed by atoms with van der Waals surface area (Å²) in [7, 11) is 0. The molecule has 0 aliphatic heterocycles. The van der Waals surface area contributed by atoms with E-state index in [0.717, 1.165) is 39.1 Å². The minimum absolute atomic E-state index is 0.738. The van der Waals surface area contributed by atoms with Crippen LogP contribution in [-0.2, 0) is 0 Å². The lowest BCUT2D eigenvalue weighted by Gasteiger charge is -2.06. The van der Waals surface area contributed by atoms with Crippen molar-refractivity contribution in [3.05, 3.63) is 78.8 Å². The van der Waals surface area contributed by atoms with Crippen LogP contribution in [0.4, 0.5) is 0 Å². The van der Waals surface area contributed by atoms with Gasteiger partial charge >= 0.3 is 0 Å². The zero-order valence-electron chi connectivity index (χ0n) is 14.7. The number of nitrogens with zero attached hydrogens (tertiary/aromatic N) is 5. The second-order valence-electron chi connectivity index (χ2n) is 6.40. The lowest BCUT2D eigenvalue weighted by Crippen LogP contribution is -1.94. The van der Waals surface area contributed by atoms with E-state index in [-0.39, 0.29) is 0 Å². The van der Waals surface area contributed by atoms with Gasteiger partial charge in [0.25, 0.3) is 0 Å². The zero-order chi connectivity index (χ0) is 18.2. The van der Waals surface area contributed by atoms with E-state index in [0.29, 0.717) is 0 Å². The van der Waals surface area contributed by atoms with Crippen LogP contribution >= 0.6 is 0 Å². The number of hydrogen-bond donors (Lipinski definition) is 1. The fourth-order valence-electron chi connectivity index (χ4n) is 3.25. The predicted molar refractivity (Wildman–Crippen MR) is 104 cm³/mol. The molecule has 0 aliphatic rings. The molecule has 0 amide bonds. The number of nitrogens with one attached hydrogen (secondary N) is 1. The first-order chi connectivity index (χ1) is 13.3. The molecule has 6 nitrogen and oxygen atoms in total. The van der Waals surface area contributed by atoms with Crippen molar-refractivity contribution in [2.75, 3.05) is 0 Å². The van der Waals surface area contributed by atoms with Crippen molar-refractivity contribution in [3.8, 4) is 28.2 Å². The van der Waals surface area contributed by atoms with E-state index in [1.165, 1.54) is 5.56 Å². The topological polar surface area (TPSA) is 72.3 Å². The maximum absolute atomic E-state index is 4.39. The van der Waals surface area contributed by atoms with Gasteiger partial charge < -0.3 is 0 Å². The molecule has 0 aliphatic carbocycles. The van der Waals surface area contributed by atoms with Gasteiger partial charge in [-0.1, -0.05) is 35.5 Å². The molecule has 0 saturated carbocycles. The highest BCUT2D eigenvalue weighted by Gasteiger charge is 2.12. The summed E-state index contributed by atoms with van der Waals surface area (Å²) in [5.74, 6) is 0. The van der Waals surface area contributed by atoms with Crippen molar-refractivity contribution in [1.82, 2.24) is 30.2 Å². The monoisotopic (exact) mass is 352 g/mol. The molecule has 130 valence electrons. The molecular weight excluding hydrogens is 336 g/mol. The van der Waals surface area contributed by atoms with Gasteiger partial charge in [-0.15, -0.1) is 5.10 Å². The quantitative estimate of drug-likeness (QED) is 0.529. The molecule has 0 bridgehead atoms. The van der Waals surface area contributed by atoms with E-state index < -0.39 is 0 Å². The molecule has 0 atom stereocenters. The molecule has 2 aromatic carbocycles. The summed E-state index contributed by atoms with van der Waals surface area (Å²) in [5, 5.41) is 17.0. The molecule has 5 rings (SSSR count). The molecule has 0 saturated heterocycles. The number of aromatic nitrogens is 6. The molecule has 0 fully saturated rings. The number of para-hydroxylation sites is 1. The normalized spacial score (nSPS) is 11.1. The van der Waals surface area contributed by atoms with Gasteiger partial charge in [0.15, 0.2) is 0 Å². The Labute approximate surface area is 155 Å². The summed E-state index contributed by atoms with van der Waals surface area (Å²) >= 11 is 0. The largest absolute Gasteiger partial charge is 0.277 e. The van der Waals surface area contributed by atoms with Gasteiger partial charge in [-0.05, 0) is 47.9 Å². The fourth-order valence-corrected chi connectivity index (χ4v) is 3.25. The Morgan fingerprint density at radius 2 is 1.81 bits per heavy atom. The molecule has 3 aromatic heterocycles. The Balaban J connectivity index is 1.49. The Hall–Kier alpha value is -3.80. The molecule has 0 spiro atoms. The van der Waals surface area contributed by atoms with Gasteiger partial charge in [0.05, 0.1) is 17.4 Å². The minimum Gasteiger partial charge on any atom is -0.277 e. The van der Waals surface area contributed by atoms with Gasteiger partial charge in [0.1, 0.15) is 11.4 Å². The summed E-state index contributed by atoms with van der Waals surface area (Å²) in [6.45, 7) is 2.06. The number of hydrogen-bond acceptors (Lipinski definition) is 4. The number of H-pyrrole nitrogens is 1. The van der Waals surface area contributed by atoms with E-state index in [9.17, 15) is 0 Å². The second-order valence-corrected chi connectivity index (χ2v) is 6.40. The van der Waals surface area contributed by atoms with Crippen LogP contribution < -0.4 is 0 Å². The number of rotatable bonds is 3. The Kier molecular flexibility index (Phi) is 3.53. The number of benzene rings is 2. The molecule has 0 radical (unpaired) electrons. The summed E-state index contributed by atoms with van der Waals surface area (Å²) in [6, 6.07) is 18.3. The van der Waals surface area contributed by atoms with Crippen molar-refractivity contribution < 1.29 is 0 Å². The van der Waals surface area contributed by atoms with Crippen LogP contribution in [0.3, 0.4) is 0 Å². The van der Waals surface area contributed by atoms with Crippen LogP contribution in [0.15, 0.2) is 73.2 Å². The third-order valence-corrected chi connectivity index (χ3v) is 4.67. The van der Waals surface area contributed by atoms with E-state index in [1.807, 2.05) is 61.1 Å². The van der Waals surface area contributed by atoms with Crippen molar-refractivity contribution in [2.24, 2.45) is 0 Å². The fraction of sp³-hybridized carbons (Fsp3) is 0.0476. The molecular formula is C21H16N6. The molecule has 1 N–H and O–H groups in total. The summed E-state index contributed by atoms with van der Waals surface area (Å²) in [5.41, 5.74) is 6.96. The van der Waals surface area contributed by atoms with Gasteiger partial charge in [-0.3, -0.25) is 10.1 Å². The van der Waals surface area contributed by atoms with Crippen LogP contribution in [-0.4, -0.2) is 30.2 Å². The number of fused-ring (bicyclic) bond motifs is 1. The summed E-state index contributed by atoms with van der Waals surface area (Å²) in [6.07, 6.45) is 5.59. The van der Waals surface area contributed by atoms with E-state index in [2.05, 4.69) is 44.5 Å². The lowest BCUT2D eigenvalue weighted by atomic mass is 10.0. The molecule has 3 heterocycles. The summed E-state index contributed by atoms with van der Waals surface area (Å²) < 4.78 is 1.77. The van der Waals surface area contributed by atoms with Gasteiger partial charge in [0.2, 0.25) is 0 Å². The Morgan fingerprint density at radius 3 is 2.67 bits per heavy atom.